The molecule has 0 aliphatic rings. The standard InChI is InChI=1S/C32H27Cl2N3O4S/c1-20(30(38)36-24-11-7-12-25(19-24)41-2)42-26-16-14-23(15-17-26)35-32(40)28(18-22-10-6-13-27(33)29(22)34)37-31(39)21-8-4-3-5-9-21/h3-20H,1-2H3,(H,35,40)(H,36,38)(H,37,39)/b28-18-. The number of methoxy groups -OCH3 is 1. The molecule has 7 nitrogen and oxygen atoms in total. The third-order valence-electron chi connectivity index (χ3n) is 5.94. The summed E-state index contributed by atoms with van der Waals surface area (Å²) in [5.41, 5.74) is 1.98. The Balaban J connectivity index is 1.45. The molecule has 0 aromatic heterocycles. The van der Waals surface area contributed by atoms with Crippen molar-refractivity contribution in [2.24, 2.45) is 0 Å². The van der Waals surface area contributed by atoms with Crippen molar-refractivity contribution < 1.29 is 19.1 Å². The zero-order chi connectivity index (χ0) is 30.1. The quantitative estimate of drug-likeness (QED) is 0.126. The fourth-order valence-electron chi connectivity index (χ4n) is 3.75. The summed E-state index contributed by atoms with van der Waals surface area (Å²) in [7, 11) is 1.57. The minimum atomic E-state index is -0.554. The van der Waals surface area contributed by atoms with Crippen molar-refractivity contribution in [2.75, 3.05) is 17.7 Å². The van der Waals surface area contributed by atoms with Crippen LogP contribution in [-0.2, 0) is 9.59 Å². The van der Waals surface area contributed by atoms with Gasteiger partial charge in [0.15, 0.2) is 0 Å². The van der Waals surface area contributed by atoms with E-state index in [0.29, 0.717) is 33.3 Å². The first-order valence-corrected chi connectivity index (χ1v) is 14.4. The van der Waals surface area contributed by atoms with Crippen molar-refractivity contribution >= 4 is 70.1 Å². The lowest BCUT2D eigenvalue weighted by atomic mass is 10.1. The van der Waals surface area contributed by atoms with E-state index in [1.807, 2.05) is 6.92 Å². The second kappa shape index (κ2) is 14.6. The molecule has 0 aliphatic heterocycles. The summed E-state index contributed by atoms with van der Waals surface area (Å²) < 4.78 is 5.20. The fourth-order valence-corrected chi connectivity index (χ4v) is 4.98. The van der Waals surface area contributed by atoms with Gasteiger partial charge in [0.2, 0.25) is 5.91 Å². The SMILES string of the molecule is COc1cccc(NC(=O)C(C)Sc2ccc(NC(=O)/C(=C/c3cccc(Cl)c3Cl)NC(=O)c3ccccc3)cc2)c1. The van der Waals surface area contributed by atoms with Crippen LogP contribution in [0.25, 0.3) is 6.08 Å². The molecule has 214 valence electrons. The lowest BCUT2D eigenvalue weighted by Crippen LogP contribution is -2.30. The molecule has 1 atom stereocenters. The molecular formula is C32H27Cl2N3O4S. The molecule has 0 aliphatic carbocycles. The van der Waals surface area contributed by atoms with E-state index in [1.165, 1.54) is 17.8 Å². The van der Waals surface area contributed by atoms with E-state index >= 15 is 0 Å². The van der Waals surface area contributed by atoms with Gasteiger partial charge in [-0.2, -0.15) is 0 Å². The molecule has 4 rings (SSSR count). The molecule has 0 radical (unpaired) electrons. The van der Waals surface area contributed by atoms with E-state index in [1.54, 1.807) is 104 Å². The third kappa shape index (κ3) is 8.39. The van der Waals surface area contributed by atoms with E-state index in [9.17, 15) is 14.4 Å². The summed E-state index contributed by atoms with van der Waals surface area (Å²) in [5, 5.41) is 8.55. The summed E-state index contributed by atoms with van der Waals surface area (Å²) in [6, 6.07) is 27.7. The van der Waals surface area contributed by atoms with Crippen LogP contribution in [0, 0.1) is 0 Å². The molecule has 0 fully saturated rings. The zero-order valence-electron chi connectivity index (χ0n) is 22.7. The number of benzene rings is 4. The average Bonchev–Trinajstić information content (AvgIpc) is 3.00. The lowest BCUT2D eigenvalue weighted by Gasteiger charge is -2.14. The van der Waals surface area contributed by atoms with Gasteiger partial charge in [0.1, 0.15) is 11.4 Å². The number of carbonyl (C=O) groups is 3. The van der Waals surface area contributed by atoms with Gasteiger partial charge in [-0.3, -0.25) is 14.4 Å². The lowest BCUT2D eigenvalue weighted by molar-refractivity contribution is -0.115. The van der Waals surface area contributed by atoms with Crippen LogP contribution in [0.2, 0.25) is 10.0 Å². The molecule has 4 aromatic carbocycles. The average molecular weight is 621 g/mol. The van der Waals surface area contributed by atoms with Crippen molar-refractivity contribution in [2.45, 2.75) is 17.1 Å². The predicted molar refractivity (Wildman–Crippen MR) is 170 cm³/mol. The van der Waals surface area contributed by atoms with Crippen molar-refractivity contribution in [1.29, 1.82) is 0 Å². The maximum absolute atomic E-state index is 13.3. The molecule has 0 spiro atoms. The van der Waals surface area contributed by atoms with E-state index in [-0.39, 0.29) is 21.9 Å². The third-order valence-corrected chi connectivity index (χ3v) is 7.89. The first kappa shape index (κ1) is 30.7. The number of ether oxygens (including phenoxy) is 1. The number of thioether (sulfide) groups is 1. The van der Waals surface area contributed by atoms with Crippen molar-refractivity contribution in [1.82, 2.24) is 5.32 Å². The topological polar surface area (TPSA) is 96.5 Å². The van der Waals surface area contributed by atoms with E-state index in [2.05, 4.69) is 16.0 Å². The maximum atomic E-state index is 13.3. The first-order chi connectivity index (χ1) is 20.2. The van der Waals surface area contributed by atoms with E-state index < -0.39 is 11.8 Å². The number of halogens is 2. The number of carbonyl (C=O) groups excluding carboxylic acids is 3. The summed E-state index contributed by atoms with van der Waals surface area (Å²) in [4.78, 5) is 39.7. The number of hydrogen-bond acceptors (Lipinski definition) is 5. The van der Waals surface area contributed by atoms with Gasteiger partial charge < -0.3 is 20.7 Å². The molecular weight excluding hydrogens is 593 g/mol. The highest BCUT2D eigenvalue weighted by Gasteiger charge is 2.18. The Labute approximate surface area is 258 Å². The fraction of sp³-hybridized carbons (Fsp3) is 0.0938. The summed E-state index contributed by atoms with van der Waals surface area (Å²) in [6.45, 7) is 1.81. The normalized spacial score (nSPS) is 11.8. The Morgan fingerprint density at radius 2 is 1.55 bits per heavy atom. The Hall–Kier alpha value is -4.24. The van der Waals surface area contributed by atoms with Gasteiger partial charge >= 0.3 is 0 Å². The van der Waals surface area contributed by atoms with Crippen LogP contribution < -0.4 is 20.7 Å². The van der Waals surface area contributed by atoms with Crippen LogP contribution >= 0.6 is 35.0 Å². The summed E-state index contributed by atoms with van der Waals surface area (Å²) >= 11 is 13.9. The molecule has 3 N–H and O–H groups in total. The van der Waals surface area contributed by atoms with Crippen LogP contribution in [0.1, 0.15) is 22.8 Å². The Bertz CT molecular complexity index is 1610. The Morgan fingerprint density at radius 3 is 2.26 bits per heavy atom. The summed E-state index contributed by atoms with van der Waals surface area (Å²) in [6.07, 6.45) is 1.47. The second-order valence-corrected chi connectivity index (χ2v) is 11.2. The molecule has 0 bridgehead atoms. The van der Waals surface area contributed by atoms with E-state index in [4.69, 9.17) is 27.9 Å². The molecule has 1 unspecified atom stereocenters. The van der Waals surface area contributed by atoms with Gasteiger partial charge in [-0.15, -0.1) is 11.8 Å². The van der Waals surface area contributed by atoms with Gasteiger partial charge in [-0.25, -0.2) is 0 Å². The highest BCUT2D eigenvalue weighted by molar-refractivity contribution is 8.00. The van der Waals surface area contributed by atoms with Crippen LogP contribution in [0.5, 0.6) is 5.75 Å². The number of hydrogen-bond donors (Lipinski definition) is 3. The minimum Gasteiger partial charge on any atom is -0.497 e. The van der Waals surface area contributed by atoms with Crippen LogP contribution in [0.3, 0.4) is 0 Å². The van der Waals surface area contributed by atoms with Gasteiger partial charge in [0, 0.05) is 27.9 Å². The van der Waals surface area contributed by atoms with Crippen LogP contribution in [-0.4, -0.2) is 30.1 Å². The minimum absolute atomic E-state index is 0.0192. The van der Waals surface area contributed by atoms with Crippen LogP contribution in [0.4, 0.5) is 11.4 Å². The highest BCUT2D eigenvalue weighted by atomic mass is 35.5. The number of amides is 3. The van der Waals surface area contributed by atoms with Gasteiger partial charge in [-0.05, 0) is 73.2 Å². The molecule has 0 saturated heterocycles. The van der Waals surface area contributed by atoms with Crippen molar-refractivity contribution in [3.63, 3.8) is 0 Å². The van der Waals surface area contributed by atoms with Crippen LogP contribution in [0.15, 0.2) is 108 Å². The Morgan fingerprint density at radius 1 is 0.833 bits per heavy atom. The van der Waals surface area contributed by atoms with Gasteiger partial charge in [0.25, 0.3) is 11.8 Å². The smallest absolute Gasteiger partial charge is 0.272 e. The molecule has 0 heterocycles. The molecule has 0 saturated carbocycles. The second-order valence-electron chi connectivity index (χ2n) is 8.98. The van der Waals surface area contributed by atoms with Crippen molar-refractivity contribution in [3.8, 4) is 5.75 Å². The number of anilines is 2. The number of nitrogens with one attached hydrogen (secondary N) is 3. The van der Waals surface area contributed by atoms with E-state index in [0.717, 1.165) is 4.90 Å². The Kier molecular flexibility index (Phi) is 10.7. The monoisotopic (exact) mass is 619 g/mol. The predicted octanol–water partition coefficient (Wildman–Crippen LogP) is 7.53. The molecule has 4 aromatic rings. The number of rotatable bonds is 10. The first-order valence-electron chi connectivity index (χ1n) is 12.8. The largest absolute Gasteiger partial charge is 0.497 e. The highest BCUT2D eigenvalue weighted by Crippen LogP contribution is 2.28. The zero-order valence-corrected chi connectivity index (χ0v) is 25.0. The van der Waals surface area contributed by atoms with Gasteiger partial charge in [-0.1, -0.05) is 59.6 Å². The summed E-state index contributed by atoms with van der Waals surface area (Å²) in [5.74, 6) is -0.516. The van der Waals surface area contributed by atoms with Gasteiger partial charge in [0.05, 0.1) is 22.4 Å². The molecule has 3 amide bonds. The maximum Gasteiger partial charge on any atom is 0.272 e. The molecule has 42 heavy (non-hydrogen) atoms. The molecule has 10 heteroatoms. The van der Waals surface area contributed by atoms with Crippen molar-refractivity contribution in [3.05, 3.63) is 124 Å².